The van der Waals surface area contributed by atoms with E-state index in [0.717, 1.165) is 5.75 Å². The topological polar surface area (TPSA) is 9.23 Å². The highest BCUT2D eigenvalue weighted by Crippen LogP contribution is 2.23. The third-order valence-corrected chi connectivity index (χ3v) is 2.19. The van der Waals surface area contributed by atoms with Gasteiger partial charge in [-0.15, -0.1) is 11.3 Å². The van der Waals surface area contributed by atoms with E-state index in [4.69, 9.17) is 4.74 Å². The maximum atomic E-state index is 12.7. The third-order valence-electron chi connectivity index (χ3n) is 1.53. The average molecular weight is 194 g/mol. The molecule has 0 bridgehead atoms. The summed E-state index contributed by atoms with van der Waals surface area (Å²) < 4.78 is 18.1. The first-order valence-electron chi connectivity index (χ1n) is 3.80. The predicted molar refractivity (Wildman–Crippen MR) is 50.8 cm³/mol. The molecule has 0 fully saturated rings. The van der Waals surface area contributed by atoms with Gasteiger partial charge < -0.3 is 4.74 Å². The Morgan fingerprint density at radius 3 is 2.77 bits per heavy atom. The molecule has 0 radical (unpaired) electrons. The Kier molecular flexibility index (Phi) is 2.27. The van der Waals surface area contributed by atoms with Crippen molar-refractivity contribution in [1.82, 2.24) is 0 Å². The van der Waals surface area contributed by atoms with Crippen molar-refractivity contribution < 1.29 is 9.13 Å². The summed E-state index contributed by atoms with van der Waals surface area (Å²) >= 11 is 1.54. The van der Waals surface area contributed by atoms with Crippen LogP contribution in [0.25, 0.3) is 0 Å². The van der Waals surface area contributed by atoms with Crippen LogP contribution in [-0.4, -0.2) is 0 Å². The Morgan fingerprint density at radius 2 is 2.08 bits per heavy atom. The summed E-state index contributed by atoms with van der Waals surface area (Å²) in [6, 6.07) is 7.94. The zero-order valence-electron chi connectivity index (χ0n) is 6.74. The third kappa shape index (κ3) is 2.06. The largest absolute Gasteiger partial charge is 0.456 e. The maximum absolute atomic E-state index is 12.7. The Morgan fingerprint density at radius 1 is 1.15 bits per heavy atom. The highest BCUT2D eigenvalue weighted by atomic mass is 32.1. The monoisotopic (exact) mass is 194 g/mol. The van der Waals surface area contributed by atoms with E-state index in [-0.39, 0.29) is 5.82 Å². The normalized spacial score (nSPS) is 9.92. The van der Waals surface area contributed by atoms with Gasteiger partial charge in [0.2, 0.25) is 0 Å². The molecule has 1 aromatic heterocycles. The maximum Gasteiger partial charge on any atom is 0.138 e. The molecule has 0 spiro atoms. The predicted octanol–water partition coefficient (Wildman–Crippen LogP) is 3.68. The van der Waals surface area contributed by atoms with Gasteiger partial charge in [0.1, 0.15) is 17.3 Å². The molecule has 2 aromatic rings. The molecular weight excluding hydrogens is 187 g/mol. The fourth-order valence-electron chi connectivity index (χ4n) is 0.977. The molecule has 1 aromatic carbocycles. The Labute approximate surface area is 79.4 Å². The van der Waals surface area contributed by atoms with E-state index in [9.17, 15) is 4.39 Å². The van der Waals surface area contributed by atoms with Gasteiger partial charge in [-0.2, -0.15) is 0 Å². The number of ether oxygens (including phenoxy) is 1. The molecule has 0 saturated heterocycles. The van der Waals surface area contributed by atoms with Crippen LogP contribution in [0.2, 0.25) is 0 Å². The van der Waals surface area contributed by atoms with Gasteiger partial charge in [-0.3, -0.25) is 0 Å². The van der Waals surface area contributed by atoms with Crippen LogP contribution in [0.15, 0.2) is 41.1 Å². The Balaban J connectivity index is 2.19. The van der Waals surface area contributed by atoms with Gasteiger partial charge in [0.05, 0.1) is 0 Å². The number of benzene rings is 1. The van der Waals surface area contributed by atoms with E-state index >= 15 is 0 Å². The van der Waals surface area contributed by atoms with Crippen molar-refractivity contribution in [1.29, 1.82) is 0 Å². The van der Waals surface area contributed by atoms with Crippen LogP contribution in [0.1, 0.15) is 0 Å². The minimum absolute atomic E-state index is 0.285. The number of hydrogen-bond acceptors (Lipinski definition) is 2. The minimum atomic E-state index is -0.285. The highest BCUT2D eigenvalue weighted by molar-refractivity contribution is 7.08. The van der Waals surface area contributed by atoms with Crippen molar-refractivity contribution in [2.75, 3.05) is 0 Å². The number of hydrogen-bond donors (Lipinski definition) is 0. The van der Waals surface area contributed by atoms with E-state index in [1.165, 1.54) is 12.1 Å². The summed E-state index contributed by atoms with van der Waals surface area (Å²) in [5.41, 5.74) is 0. The number of rotatable bonds is 2. The second kappa shape index (κ2) is 3.58. The lowest BCUT2D eigenvalue weighted by Gasteiger charge is -2.01. The first-order chi connectivity index (χ1) is 6.34. The van der Waals surface area contributed by atoms with E-state index in [2.05, 4.69) is 0 Å². The molecule has 0 aliphatic rings. The molecule has 0 amide bonds. The molecule has 0 N–H and O–H groups in total. The van der Waals surface area contributed by atoms with Gasteiger partial charge >= 0.3 is 0 Å². The molecular formula is C10H7FOS. The van der Waals surface area contributed by atoms with Crippen molar-refractivity contribution in [3.63, 3.8) is 0 Å². The molecule has 0 unspecified atom stereocenters. The molecule has 0 aliphatic heterocycles. The van der Waals surface area contributed by atoms with Gasteiger partial charge in [0.15, 0.2) is 0 Å². The molecule has 0 atom stereocenters. The summed E-state index contributed by atoms with van der Waals surface area (Å²) in [4.78, 5) is 0. The van der Waals surface area contributed by atoms with Crippen molar-refractivity contribution in [2.24, 2.45) is 0 Å². The molecule has 1 nitrogen and oxygen atoms in total. The second-order valence-corrected chi connectivity index (χ2v) is 3.30. The standard InChI is InChI=1S/C10H7FOS/c11-8-2-1-3-9(6-8)12-10-4-5-13-7-10/h1-7H. The van der Waals surface area contributed by atoms with Crippen LogP contribution < -0.4 is 4.74 Å². The number of thiophene rings is 1. The van der Waals surface area contributed by atoms with E-state index in [1.54, 1.807) is 23.5 Å². The number of halogens is 1. The molecule has 13 heavy (non-hydrogen) atoms. The molecule has 2 rings (SSSR count). The van der Waals surface area contributed by atoms with Crippen LogP contribution in [0.4, 0.5) is 4.39 Å². The molecule has 66 valence electrons. The quantitative estimate of drug-likeness (QED) is 0.708. The zero-order valence-corrected chi connectivity index (χ0v) is 7.55. The summed E-state index contributed by atoms with van der Waals surface area (Å²) in [6.45, 7) is 0. The van der Waals surface area contributed by atoms with Gasteiger partial charge in [0.25, 0.3) is 0 Å². The minimum Gasteiger partial charge on any atom is -0.456 e. The average Bonchev–Trinajstić information content (AvgIpc) is 2.57. The van der Waals surface area contributed by atoms with Crippen molar-refractivity contribution in [2.45, 2.75) is 0 Å². The fraction of sp³-hybridized carbons (Fsp3) is 0. The van der Waals surface area contributed by atoms with Gasteiger partial charge in [-0.25, -0.2) is 4.39 Å². The van der Waals surface area contributed by atoms with Crippen LogP contribution in [0.3, 0.4) is 0 Å². The molecule has 1 heterocycles. The van der Waals surface area contributed by atoms with Crippen molar-refractivity contribution in [3.8, 4) is 11.5 Å². The zero-order chi connectivity index (χ0) is 9.10. The summed E-state index contributed by atoms with van der Waals surface area (Å²) in [7, 11) is 0. The molecule has 0 aliphatic carbocycles. The lowest BCUT2D eigenvalue weighted by atomic mass is 10.3. The van der Waals surface area contributed by atoms with Crippen LogP contribution >= 0.6 is 11.3 Å². The van der Waals surface area contributed by atoms with Crippen LogP contribution in [0, 0.1) is 5.82 Å². The van der Waals surface area contributed by atoms with Crippen LogP contribution in [0.5, 0.6) is 11.5 Å². The first kappa shape index (κ1) is 8.26. The first-order valence-corrected chi connectivity index (χ1v) is 4.74. The van der Waals surface area contributed by atoms with Crippen molar-refractivity contribution in [3.05, 3.63) is 46.9 Å². The SMILES string of the molecule is Fc1cccc(Oc2ccsc2)c1. The molecule has 0 saturated carbocycles. The summed E-state index contributed by atoms with van der Waals surface area (Å²) in [6.07, 6.45) is 0. The smallest absolute Gasteiger partial charge is 0.138 e. The van der Waals surface area contributed by atoms with E-state index < -0.39 is 0 Å². The van der Waals surface area contributed by atoms with Crippen molar-refractivity contribution >= 4 is 11.3 Å². The second-order valence-electron chi connectivity index (χ2n) is 2.52. The fourth-order valence-corrected chi connectivity index (χ4v) is 1.53. The Hall–Kier alpha value is -1.35. The highest BCUT2D eigenvalue weighted by Gasteiger charge is 1.97. The van der Waals surface area contributed by atoms with Gasteiger partial charge in [-0.1, -0.05) is 6.07 Å². The lowest BCUT2D eigenvalue weighted by molar-refractivity contribution is 0.479. The summed E-state index contributed by atoms with van der Waals surface area (Å²) in [5.74, 6) is 0.988. The van der Waals surface area contributed by atoms with Gasteiger partial charge in [0, 0.05) is 11.4 Å². The van der Waals surface area contributed by atoms with E-state index in [1.807, 2.05) is 16.8 Å². The Bertz CT molecular complexity index is 384. The lowest BCUT2D eigenvalue weighted by Crippen LogP contribution is -1.81. The van der Waals surface area contributed by atoms with Gasteiger partial charge in [-0.05, 0) is 23.6 Å². The summed E-state index contributed by atoms with van der Waals surface area (Å²) in [5, 5.41) is 3.78. The molecule has 3 heteroatoms. The van der Waals surface area contributed by atoms with Crippen LogP contribution in [-0.2, 0) is 0 Å². The van der Waals surface area contributed by atoms with E-state index in [0.29, 0.717) is 5.75 Å².